The summed E-state index contributed by atoms with van der Waals surface area (Å²) < 4.78 is 12.9. The van der Waals surface area contributed by atoms with Crippen LogP contribution < -0.4 is 15.1 Å². The Morgan fingerprint density at radius 1 is 1.06 bits per heavy atom. The molecule has 6 rings (SSSR count). The van der Waals surface area contributed by atoms with Crippen molar-refractivity contribution in [2.24, 2.45) is 11.8 Å². The number of aryl methyl sites for hydroxylation is 1. The zero-order valence-corrected chi connectivity index (χ0v) is 20.0. The summed E-state index contributed by atoms with van der Waals surface area (Å²) in [4.78, 5) is 23.8. The van der Waals surface area contributed by atoms with E-state index in [0.717, 1.165) is 74.8 Å². The summed E-state index contributed by atoms with van der Waals surface area (Å²) in [6, 6.07) is 0. The summed E-state index contributed by atoms with van der Waals surface area (Å²) in [6.07, 6.45) is 7.87. The fourth-order valence-electron chi connectivity index (χ4n) is 5.56. The molecule has 3 unspecified atom stereocenters. The van der Waals surface area contributed by atoms with E-state index in [0.29, 0.717) is 34.4 Å². The molecule has 2 N–H and O–H groups in total. The number of nitrogens with zero attached hydrogens (tertiary/aromatic N) is 6. The maximum absolute atomic E-state index is 12.9. The van der Waals surface area contributed by atoms with Crippen LogP contribution in [0, 0.1) is 11.8 Å². The van der Waals surface area contributed by atoms with Gasteiger partial charge in [0.1, 0.15) is 10.7 Å². The Bertz CT molecular complexity index is 1060. The summed E-state index contributed by atoms with van der Waals surface area (Å²) in [5.74, 6) is 3.73. The number of halogens is 1. The molecule has 3 atom stereocenters. The van der Waals surface area contributed by atoms with Crippen molar-refractivity contribution in [2.75, 3.05) is 53.7 Å². The van der Waals surface area contributed by atoms with Gasteiger partial charge < -0.3 is 20.2 Å². The molecule has 4 aliphatic rings. The molecule has 2 aromatic heterocycles. The fourth-order valence-corrected chi connectivity index (χ4v) is 6.99. The van der Waals surface area contributed by atoms with Crippen molar-refractivity contribution in [3.8, 4) is 0 Å². The number of hydrogen-bond acceptors (Lipinski definition) is 9. The molecule has 0 bridgehead atoms. The third kappa shape index (κ3) is 3.85. The highest BCUT2D eigenvalue weighted by molar-refractivity contribution is 7.85. The summed E-state index contributed by atoms with van der Waals surface area (Å²) in [5, 5.41) is 14.0. The van der Waals surface area contributed by atoms with Gasteiger partial charge in [0.15, 0.2) is 0 Å². The van der Waals surface area contributed by atoms with Crippen LogP contribution in [0.2, 0.25) is 5.02 Å². The second kappa shape index (κ2) is 8.32. The van der Waals surface area contributed by atoms with Crippen molar-refractivity contribution in [3.05, 3.63) is 23.1 Å². The lowest BCUT2D eigenvalue weighted by Gasteiger charge is -2.42. The average Bonchev–Trinajstić information content (AvgIpc) is 3.36. The molecule has 0 aromatic carbocycles. The minimum Gasteiger partial charge on any atom is -0.394 e. The van der Waals surface area contributed by atoms with Crippen LogP contribution in [0.5, 0.6) is 0 Å². The SMILES string of the molecule is O=S1CCCc2nc(N3CC4CN(c5ncc(Cl)cn5)CC4C3)nc(NC3(CO)CCC3)c21. The van der Waals surface area contributed by atoms with Gasteiger partial charge in [0.05, 0.1) is 46.1 Å². The van der Waals surface area contributed by atoms with Crippen molar-refractivity contribution in [1.82, 2.24) is 19.9 Å². The molecule has 0 spiro atoms. The van der Waals surface area contributed by atoms with Crippen LogP contribution in [0.3, 0.4) is 0 Å². The molecule has 1 aliphatic carbocycles. The minimum atomic E-state index is -1.10. The summed E-state index contributed by atoms with van der Waals surface area (Å²) in [7, 11) is -1.10. The first-order chi connectivity index (χ1) is 16.0. The van der Waals surface area contributed by atoms with Gasteiger partial charge in [-0.05, 0) is 32.1 Å². The Balaban J connectivity index is 1.24. The quantitative estimate of drug-likeness (QED) is 0.650. The highest BCUT2D eigenvalue weighted by Crippen LogP contribution is 2.39. The zero-order valence-electron chi connectivity index (χ0n) is 18.4. The van der Waals surface area contributed by atoms with Crippen molar-refractivity contribution in [1.29, 1.82) is 0 Å². The Morgan fingerprint density at radius 2 is 1.73 bits per heavy atom. The van der Waals surface area contributed by atoms with Crippen LogP contribution >= 0.6 is 11.6 Å². The van der Waals surface area contributed by atoms with Gasteiger partial charge >= 0.3 is 0 Å². The molecule has 0 radical (unpaired) electrons. The zero-order chi connectivity index (χ0) is 22.6. The Kier molecular flexibility index (Phi) is 5.42. The number of aliphatic hydroxyl groups is 1. The predicted molar refractivity (Wildman–Crippen MR) is 127 cm³/mol. The maximum atomic E-state index is 12.9. The molecule has 0 amide bonds. The van der Waals surface area contributed by atoms with Crippen LogP contribution in [0.25, 0.3) is 0 Å². The molecule has 3 fully saturated rings. The van der Waals surface area contributed by atoms with Crippen LogP contribution in [-0.2, 0) is 17.2 Å². The first kappa shape index (κ1) is 21.5. The molecule has 2 aromatic rings. The average molecular weight is 490 g/mol. The first-order valence-corrected chi connectivity index (χ1v) is 13.4. The fraction of sp³-hybridized carbons (Fsp3) is 0.636. The van der Waals surface area contributed by atoms with Gasteiger partial charge in [-0.2, -0.15) is 4.98 Å². The molecular weight excluding hydrogens is 462 g/mol. The third-order valence-electron chi connectivity index (χ3n) is 7.55. The van der Waals surface area contributed by atoms with Gasteiger partial charge in [-0.25, -0.2) is 15.0 Å². The lowest BCUT2D eigenvalue weighted by atomic mass is 9.77. The molecule has 33 heavy (non-hydrogen) atoms. The summed E-state index contributed by atoms with van der Waals surface area (Å²) >= 11 is 5.93. The molecular formula is C22H28ClN7O2S. The first-order valence-electron chi connectivity index (χ1n) is 11.7. The molecule has 176 valence electrons. The Morgan fingerprint density at radius 3 is 2.33 bits per heavy atom. The number of aromatic nitrogens is 4. The predicted octanol–water partition coefficient (Wildman–Crippen LogP) is 1.87. The molecule has 1 saturated carbocycles. The number of fused-ring (bicyclic) bond motifs is 2. The van der Waals surface area contributed by atoms with E-state index in [2.05, 4.69) is 25.1 Å². The highest BCUT2D eigenvalue weighted by Gasteiger charge is 2.43. The van der Waals surface area contributed by atoms with Crippen molar-refractivity contribution < 1.29 is 9.32 Å². The van der Waals surface area contributed by atoms with Gasteiger partial charge in [0, 0.05) is 43.8 Å². The van der Waals surface area contributed by atoms with Crippen LogP contribution in [-0.4, -0.2) is 73.3 Å². The highest BCUT2D eigenvalue weighted by atomic mass is 35.5. The standard InChI is InChI=1S/C22H28ClN7O2S/c23-16-7-24-20(25-8-16)29-9-14-11-30(12-15(14)10-29)21-26-17-3-1-6-33(32)18(17)19(27-21)28-22(13-31)4-2-5-22/h7-8,14-15,31H,1-6,9-13H2,(H,26,27,28). The molecule has 11 heteroatoms. The van der Waals surface area contributed by atoms with E-state index in [9.17, 15) is 9.32 Å². The number of rotatable bonds is 5. The van der Waals surface area contributed by atoms with Crippen LogP contribution in [0.4, 0.5) is 17.7 Å². The monoisotopic (exact) mass is 489 g/mol. The number of hydrogen-bond donors (Lipinski definition) is 2. The largest absolute Gasteiger partial charge is 0.394 e. The van der Waals surface area contributed by atoms with Crippen molar-refractivity contribution in [3.63, 3.8) is 0 Å². The van der Waals surface area contributed by atoms with E-state index in [1.807, 2.05) is 0 Å². The van der Waals surface area contributed by atoms with Crippen molar-refractivity contribution >= 4 is 40.1 Å². The Hall–Kier alpha value is -2.04. The van der Waals surface area contributed by atoms with Gasteiger partial charge in [-0.1, -0.05) is 11.6 Å². The van der Waals surface area contributed by atoms with Gasteiger partial charge in [0.25, 0.3) is 0 Å². The summed E-state index contributed by atoms with van der Waals surface area (Å²) in [6.45, 7) is 3.61. The second-order valence-corrected chi connectivity index (χ2v) is 11.7. The van der Waals surface area contributed by atoms with E-state index < -0.39 is 10.8 Å². The van der Waals surface area contributed by atoms with Crippen molar-refractivity contribution in [2.45, 2.75) is 42.5 Å². The van der Waals surface area contributed by atoms with Gasteiger partial charge in [-0.15, -0.1) is 0 Å². The van der Waals surface area contributed by atoms with Gasteiger partial charge in [-0.3, -0.25) is 4.21 Å². The molecule has 9 nitrogen and oxygen atoms in total. The molecule has 3 aliphatic heterocycles. The van der Waals surface area contributed by atoms with E-state index >= 15 is 0 Å². The molecule has 5 heterocycles. The van der Waals surface area contributed by atoms with Crippen LogP contribution in [0.1, 0.15) is 31.4 Å². The third-order valence-corrected chi connectivity index (χ3v) is 9.29. The maximum Gasteiger partial charge on any atom is 0.227 e. The van der Waals surface area contributed by atoms with Crippen LogP contribution in [0.15, 0.2) is 17.3 Å². The number of nitrogens with one attached hydrogen (secondary N) is 1. The molecule has 2 saturated heterocycles. The number of aliphatic hydroxyl groups excluding tert-OH is 1. The second-order valence-electron chi connectivity index (χ2n) is 9.75. The lowest BCUT2D eigenvalue weighted by Crippen LogP contribution is -2.49. The lowest BCUT2D eigenvalue weighted by molar-refractivity contribution is 0.143. The normalized spacial score (nSPS) is 27.8. The van der Waals surface area contributed by atoms with E-state index in [-0.39, 0.29) is 12.1 Å². The smallest absolute Gasteiger partial charge is 0.227 e. The topological polar surface area (TPSA) is 107 Å². The number of anilines is 3. The van der Waals surface area contributed by atoms with E-state index in [1.54, 1.807) is 12.4 Å². The van der Waals surface area contributed by atoms with Gasteiger partial charge in [0.2, 0.25) is 11.9 Å². The minimum absolute atomic E-state index is 0.0597. The summed E-state index contributed by atoms with van der Waals surface area (Å²) in [5.41, 5.74) is 0.550. The van der Waals surface area contributed by atoms with E-state index in [4.69, 9.17) is 21.6 Å². The Labute approximate surface area is 200 Å². The van der Waals surface area contributed by atoms with E-state index in [1.165, 1.54) is 0 Å².